The summed E-state index contributed by atoms with van der Waals surface area (Å²) in [5, 5.41) is 10.0. The molecule has 0 unspecified atom stereocenters. The fraction of sp³-hybridized carbons (Fsp3) is 0.500. The van der Waals surface area contributed by atoms with Crippen molar-refractivity contribution >= 4 is 5.78 Å². The van der Waals surface area contributed by atoms with Crippen LogP contribution in [-0.2, 0) is 16.0 Å². The van der Waals surface area contributed by atoms with E-state index in [1.165, 1.54) is 7.11 Å². The van der Waals surface area contributed by atoms with Gasteiger partial charge in [0.2, 0.25) is 24.2 Å². The number of benzene rings is 1. The van der Waals surface area contributed by atoms with E-state index in [4.69, 9.17) is 29.4 Å². The third-order valence-electron chi connectivity index (χ3n) is 6.14. The minimum atomic E-state index is -0.743. The summed E-state index contributed by atoms with van der Waals surface area (Å²) >= 11 is 0. The molecule has 0 bridgehead atoms. The number of Topliss-reactive ketones (excluding diaryl/α,β-unsaturated/α-hetero) is 1. The molecule has 0 saturated heterocycles. The lowest BCUT2D eigenvalue weighted by molar-refractivity contribution is -0.119. The summed E-state index contributed by atoms with van der Waals surface area (Å²) in [6.45, 7) is 6.09. The lowest BCUT2D eigenvalue weighted by atomic mass is 9.69. The van der Waals surface area contributed by atoms with E-state index in [-0.39, 0.29) is 29.4 Å². The molecule has 1 aromatic carbocycles. The Balaban J connectivity index is 2.08. The van der Waals surface area contributed by atoms with E-state index in [0.29, 0.717) is 59.2 Å². The lowest BCUT2D eigenvalue weighted by Crippen LogP contribution is -2.34. The van der Waals surface area contributed by atoms with Crippen LogP contribution in [0.5, 0.6) is 23.0 Å². The molecule has 1 aromatic rings. The number of rotatable bonds is 5. The van der Waals surface area contributed by atoms with Crippen molar-refractivity contribution in [2.24, 2.45) is 11.1 Å². The molecule has 0 radical (unpaired) electrons. The van der Waals surface area contributed by atoms with Crippen molar-refractivity contribution in [2.45, 2.75) is 52.4 Å². The Hall–Kier alpha value is -3.34. The molecule has 0 aromatic heterocycles. The number of ketones is 1. The topological polar surface area (TPSA) is 113 Å². The minimum Gasteiger partial charge on any atom is -0.492 e. The highest BCUT2D eigenvalue weighted by Gasteiger charge is 2.46. The zero-order valence-corrected chi connectivity index (χ0v) is 19.1. The quantitative estimate of drug-likeness (QED) is 0.735. The first kappa shape index (κ1) is 21.9. The van der Waals surface area contributed by atoms with Gasteiger partial charge < -0.3 is 29.4 Å². The van der Waals surface area contributed by atoms with E-state index in [1.807, 2.05) is 20.8 Å². The molecule has 8 heteroatoms. The summed E-state index contributed by atoms with van der Waals surface area (Å²) < 4.78 is 28.8. The van der Waals surface area contributed by atoms with Gasteiger partial charge >= 0.3 is 0 Å². The summed E-state index contributed by atoms with van der Waals surface area (Å²) in [5.41, 5.74) is 8.01. The summed E-state index contributed by atoms with van der Waals surface area (Å²) in [4.78, 5) is 13.4. The first-order valence-corrected chi connectivity index (χ1v) is 10.7. The van der Waals surface area contributed by atoms with Crippen molar-refractivity contribution in [3.63, 3.8) is 0 Å². The van der Waals surface area contributed by atoms with Crippen molar-refractivity contribution in [2.75, 3.05) is 21.0 Å². The highest BCUT2D eigenvalue weighted by atomic mass is 16.7. The molecule has 2 aliphatic heterocycles. The maximum Gasteiger partial charge on any atom is 0.231 e. The third kappa shape index (κ3) is 3.24. The number of carbonyl (C=O) groups is 1. The number of nitrogens with zero attached hydrogens (tertiary/aromatic N) is 1. The Kier molecular flexibility index (Phi) is 5.45. The van der Waals surface area contributed by atoms with Gasteiger partial charge in [-0.15, -0.1) is 0 Å². The van der Waals surface area contributed by atoms with Crippen LogP contribution in [0.2, 0.25) is 0 Å². The lowest BCUT2D eigenvalue weighted by Gasteiger charge is -2.38. The smallest absolute Gasteiger partial charge is 0.231 e. The van der Waals surface area contributed by atoms with Crippen LogP contribution < -0.4 is 24.7 Å². The van der Waals surface area contributed by atoms with Crippen LogP contribution in [0, 0.1) is 16.7 Å². The average molecular weight is 440 g/mol. The Morgan fingerprint density at radius 1 is 1.16 bits per heavy atom. The molecule has 0 saturated carbocycles. The van der Waals surface area contributed by atoms with Crippen LogP contribution >= 0.6 is 0 Å². The Labute approximate surface area is 187 Å². The maximum absolute atomic E-state index is 13.4. The van der Waals surface area contributed by atoms with Gasteiger partial charge in [0.15, 0.2) is 17.3 Å². The minimum absolute atomic E-state index is 0.00267. The molecule has 1 atom stereocenters. The third-order valence-corrected chi connectivity index (χ3v) is 6.14. The molecule has 1 aliphatic carbocycles. The van der Waals surface area contributed by atoms with E-state index < -0.39 is 5.92 Å². The largest absolute Gasteiger partial charge is 0.492 e. The second-order valence-corrected chi connectivity index (χ2v) is 8.98. The van der Waals surface area contributed by atoms with Crippen LogP contribution in [-0.4, -0.2) is 26.8 Å². The van der Waals surface area contributed by atoms with E-state index in [1.54, 1.807) is 7.11 Å². The normalized spacial score (nSPS) is 21.1. The number of hydrogen-bond donors (Lipinski definition) is 1. The van der Waals surface area contributed by atoms with E-state index in [9.17, 15) is 10.1 Å². The number of nitriles is 1. The first-order valence-electron chi connectivity index (χ1n) is 10.7. The zero-order valence-electron chi connectivity index (χ0n) is 19.1. The molecular weight excluding hydrogens is 412 g/mol. The van der Waals surface area contributed by atoms with Crippen LogP contribution in [0.15, 0.2) is 22.8 Å². The summed E-state index contributed by atoms with van der Waals surface area (Å²) in [6.07, 6.45) is 2.29. The van der Waals surface area contributed by atoms with Crippen LogP contribution in [0.3, 0.4) is 0 Å². The first-order chi connectivity index (χ1) is 15.3. The number of nitrogens with two attached hydrogens (primary N) is 1. The number of hydrogen-bond acceptors (Lipinski definition) is 8. The number of fused-ring (bicyclic) bond motifs is 1. The molecule has 170 valence electrons. The van der Waals surface area contributed by atoms with Gasteiger partial charge in [-0.2, -0.15) is 5.26 Å². The van der Waals surface area contributed by atoms with Crippen molar-refractivity contribution in [3.8, 4) is 29.1 Å². The van der Waals surface area contributed by atoms with Gasteiger partial charge in [-0.25, -0.2) is 0 Å². The fourth-order valence-corrected chi connectivity index (χ4v) is 4.93. The molecule has 2 N–H and O–H groups in total. The summed E-state index contributed by atoms with van der Waals surface area (Å²) in [6, 6.07) is 2.18. The van der Waals surface area contributed by atoms with Crippen LogP contribution in [0.25, 0.3) is 0 Å². The second kappa shape index (κ2) is 7.97. The molecule has 4 rings (SSSR count). The highest BCUT2D eigenvalue weighted by molar-refractivity contribution is 6.00. The predicted molar refractivity (Wildman–Crippen MR) is 115 cm³/mol. The van der Waals surface area contributed by atoms with Crippen LogP contribution in [0.4, 0.5) is 0 Å². The van der Waals surface area contributed by atoms with Gasteiger partial charge in [-0.3, -0.25) is 4.79 Å². The van der Waals surface area contributed by atoms with Gasteiger partial charge in [0, 0.05) is 29.5 Å². The molecule has 0 amide bonds. The monoisotopic (exact) mass is 440 g/mol. The Morgan fingerprint density at radius 2 is 1.81 bits per heavy atom. The molecule has 2 heterocycles. The second-order valence-electron chi connectivity index (χ2n) is 8.98. The zero-order chi connectivity index (χ0) is 23.2. The standard InChI is InChI=1S/C24H28N2O6/c1-6-7-12-17(20(29-5)22-21(19(12)28-4)30-11-31-22)16-13(10-25)23(26)32-15-9-24(2,3)8-14(27)18(15)16/h16H,6-9,11,26H2,1-5H3/t16-/m1/s1. The van der Waals surface area contributed by atoms with Crippen molar-refractivity contribution in [1.82, 2.24) is 0 Å². The Morgan fingerprint density at radius 3 is 2.41 bits per heavy atom. The number of carbonyl (C=O) groups excluding carboxylic acids is 1. The molecule has 8 nitrogen and oxygen atoms in total. The summed E-state index contributed by atoms with van der Waals surface area (Å²) in [7, 11) is 3.09. The van der Waals surface area contributed by atoms with Gasteiger partial charge in [0.05, 0.1) is 20.1 Å². The molecule has 0 spiro atoms. The highest BCUT2D eigenvalue weighted by Crippen LogP contribution is 2.58. The number of allylic oxidation sites excluding steroid dienone is 3. The predicted octanol–water partition coefficient (Wildman–Crippen LogP) is 3.84. The Bertz CT molecular complexity index is 1090. The molecule has 3 aliphatic rings. The number of methoxy groups -OCH3 is 2. The maximum atomic E-state index is 13.4. The van der Waals surface area contributed by atoms with Gasteiger partial charge in [0.1, 0.15) is 17.4 Å². The summed E-state index contributed by atoms with van der Waals surface area (Å²) in [5.74, 6) is 1.49. The molecular formula is C24H28N2O6. The average Bonchev–Trinajstić information content (AvgIpc) is 3.20. The van der Waals surface area contributed by atoms with Crippen molar-refractivity contribution in [1.29, 1.82) is 5.26 Å². The fourth-order valence-electron chi connectivity index (χ4n) is 4.93. The molecule has 32 heavy (non-hydrogen) atoms. The van der Waals surface area contributed by atoms with Gasteiger partial charge in [-0.05, 0) is 11.8 Å². The van der Waals surface area contributed by atoms with Gasteiger partial charge in [0.25, 0.3) is 0 Å². The van der Waals surface area contributed by atoms with Crippen molar-refractivity contribution < 1.29 is 28.5 Å². The SMILES string of the molecule is CCCc1c(OC)c2c(c(OC)c1[C@H]1C(C#N)=C(N)OC3=C1C(=O)CC(C)(C)C3)OCO2. The van der Waals surface area contributed by atoms with E-state index in [2.05, 4.69) is 6.07 Å². The van der Waals surface area contributed by atoms with Gasteiger partial charge in [-0.1, -0.05) is 27.2 Å². The van der Waals surface area contributed by atoms with Crippen LogP contribution in [0.1, 0.15) is 57.1 Å². The number of ether oxygens (including phenoxy) is 5. The molecule has 0 fully saturated rings. The van der Waals surface area contributed by atoms with E-state index in [0.717, 1.165) is 12.0 Å². The van der Waals surface area contributed by atoms with E-state index >= 15 is 0 Å². The van der Waals surface area contributed by atoms with Crippen molar-refractivity contribution in [3.05, 3.63) is 33.9 Å².